The number of rotatable bonds is 11. The molecule has 0 unspecified atom stereocenters. The molecule has 2 N–H and O–H groups in total. The number of aromatic nitrogens is 9. The minimum Gasteiger partial charge on any atom is -0.657 e. The quantitative estimate of drug-likeness (QED) is 0.0937. The Bertz CT molecular complexity index is 4960. The molecule has 13 rings (SSSR count). The first-order chi connectivity index (χ1) is 47.2. The van der Waals surface area contributed by atoms with E-state index in [9.17, 15) is 4.79 Å². The number of amides is 1. The Labute approximate surface area is 587 Å². The number of fused-ring (bicyclic) bond motifs is 12. The maximum Gasteiger partial charge on any atom is 3.00 e. The predicted molar refractivity (Wildman–Crippen MR) is 367 cm³/mol. The predicted octanol–water partition coefficient (Wildman–Crippen LogP) is 5.34. The summed E-state index contributed by atoms with van der Waals surface area (Å²) >= 11 is 0. The fourth-order valence-corrected chi connectivity index (χ4v) is 11.3. The summed E-state index contributed by atoms with van der Waals surface area (Å²) in [6, 6.07) is 37.5. The van der Waals surface area contributed by atoms with Gasteiger partial charge in [-0.1, -0.05) is 36.4 Å². The third kappa shape index (κ3) is 19.4. The van der Waals surface area contributed by atoms with E-state index >= 15 is 0 Å². The van der Waals surface area contributed by atoms with Crippen molar-refractivity contribution in [1.29, 1.82) is 0 Å². The molecule has 0 aliphatic carbocycles. The van der Waals surface area contributed by atoms with Gasteiger partial charge in [0.1, 0.15) is 33.4 Å². The van der Waals surface area contributed by atoms with Gasteiger partial charge in [-0.05, 0) is 171 Å². The van der Waals surface area contributed by atoms with E-state index in [2.05, 4.69) is 157 Å². The van der Waals surface area contributed by atoms with Gasteiger partial charge in [-0.15, -0.1) is 22.1 Å². The van der Waals surface area contributed by atoms with Gasteiger partial charge in [0.05, 0.1) is 35.4 Å². The van der Waals surface area contributed by atoms with Crippen LogP contribution in [0.15, 0.2) is 159 Å². The van der Waals surface area contributed by atoms with Gasteiger partial charge < -0.3 is 74.5 Å². The second kappa shape index (κ2) is 34.3. The number of aryl methyl sites for hydroxylation is 6. The van der Waals surface area contributed by atoms with Crippen molar-refractivity contribution in [1.82, 2.24) is 24.9 Å². The molecule has 23 heteroatoms. The molecule has 8 aromatic heterocycles. The van der Waals surface area contributed by atoms with Crippen molar-refractivity contribution in [3.05, 3.63) is 193 Å². The number of nitrogens with one attached hydrogen (secondary N) is 2. The summed E-state index contributed by atoms with van der Waals surface area (Å²) in [6.07, 6.45) is 27.1. The zero-order chi connectivity index (χ0) is 71.8. The Morgan fingerprint density at radius 3 is 1.24 bits per heavy atom. The summed E-state index contributed by atoms with van der Waals surface area (Å²) in [6.45, 7) is 10.1. The van der Waals surface area contributed by atoms with E-state index in [1.165, 1.54) is 27.3 Å². The Balaban J connectivity index is 0.000000595. The largest absolute Gasteiger partial charge is 3.00 e. The number of anilines is 1. The number of pyridine rings is 4. The average Bonchev–Trinajstić information content (AvgIpc) is 1.55. The Morgan fingerprint density at radius 1 is 0.480 bits per heavy atom. The number of aromatic amines is 1. The number of H-pyrrole nitrogens is 1. The second-order valence-electron chi connectivity index (χ2n) is 23.2. The number of methoxy groups -OCH3 is 1. The Kier molecular flexibility index (Phi) is 25.9. The van der Waals surface area contributed by atoms with Gasteiger partial charge in [-0.2, -0.15) is 0 Å². The van der Waals surface area contributed by atoms with E-state index < -0.39 is 29.8 Å². The summed E-state index contributed by atoms with van der Waals surface area (Å²) in [4.78, 5) is 83.4. The first kappa shape index (κ1) is 75.4. The summed E-state index contributed by atoms with van der Waals surface area (Å²) in [5.74, 6) is -4.59. The number of benzene rings is 3. The number of carbonyl (C=O) groups is 6. The van der Waals surface area contributed by atoms with Gasteiger partial charge in [-0.3, -0.25) is 4.79 Å². The maximum absolute atomic E-state index is 13.5. The van der Waals surface area contributed by atoms with Crippen molar-refractivity contribution >= 4 is 120 Å². The fraction of sp³-hybridized carbons (Fsp3) is 0.195. The van der Waals surface area contributed by atoms with Crippen LogP contribution >= 0.6 is 0 Å². The number of carboxylic acid groups (broad SMARTS) is 5. The molecule has 0 radical (unpaired) electrons. The third-order valence-corrected chi connectivity index (χ3v) is 15.5. The number of nitrogens with zero attached hydrogens (tertiary/aromatic N) is 8. The van der Waals surface area contributed by atoms with Crippen molar-refractivity contribution < 1.29 is 94.4 Å². The van der Waals surface area contributed by atoms with Crippen molar-refractivity contribution in [3.63, 3.8) is 0 Å². The molecule has 10 heterocycles. The summed E-state index contributed by atoms with van der Waals surface area (Å²) in [5, 5.41) is 52.5. The van der Waals surface area contributed by atoms with Crippen LogP contribution in [-0.2, 0) is 73.5 Å². The number of ether oxygens (including phenoxy) is 1. The number of carboxylic acids is 5. The molecule has 0 saturated carbocycles. The molecular formula is C77H73MnN10O12. The van der Waals surface area contributed by atoms with E-state index in [-0.39, 0.29) is 23.0 Å². The monoisotopic (exact) mass is 1380 g/mol. The Hall–Kier alpha value is -11.9. The topological polar surface area (TPSA) is 324 Å². The number of hydrogen-bond acceptors (Lipinski definition) is 14. The molecule has 2 aliphatic rings. The summed E-state index contributed by atoms with van der Waals surface area (Å²) in [7, 11) is 7.76. The van der Waals surface area contributed by atoms with Gasteiger partial charge in [0.25, 0.3) is 0 Å². The molecule has 510 valence electrons. The number of carbonyl (C=O) groups excluding carboxylic acids is 6. The van der Waals surface area contributed by atoms with E-state index in [4.69, 9.17) is 74.2 Å². The van der Waals surface area contributed by atoms with Crippen LogP contribution in [0.5, 0.6) is 5.75 Å². The third-order valence-electron chi connectivity index (χ3n) is 15.5. The fourth-order valence-electron chi connectivity index (χ4n) is 11.3. The minimum atomic E-state index is -1.08. The molecule has 1 amide bonds. The van der Waals surface area contributed by atoms with Crippen LogP contribution in [0.1, 0.15) is 87.8 Å². The van der Waals surface area contributed by atoms with Crippen molar-refractivity contribution in [2.75, 3.05) is 12.4 Å². The van der Waals surface area contributed by atoms with Crippen molar-refractivity contribution in [2.45, 2.75) is 74.3 Å². The van der Waals surface area contributed by atoms with E-state index in [1.54, 1.807) is 7.11 Å². The molecule has 2 aliphatic heterocycles. The number of aliphatic carboxylic acids is 5. The van der Waals surface area contributed by atoms with Crippen LogP contribution < -0.4 is 63.8 Å². The van der Waals surface area contributed by atoms with Crippen LogP contribution in [-0.4, -0.2) is 57.8 Å². The maximum atomic E-state index is 13.5. The molecule has 0 saturated heterocycles. The molecule has 0 atom stereocenters. The van der Waals surface area contributed by atoms with E-state index in [1.807, 2.05) is 90.0 Å². The average molecular weight is 1390 g/mol. The summed E-state index contributed by atoms with van der Waals surface area (Å²) < 4.78 is 13.9. The zero-order valence-electron chi connectivity index (χ0n) is 57.0. The number of unbranched alkanes of at least 4 members (excludes halogenated alkanes) is 1. The molecule has 3 aromatic carbocycles. The zero-order valence-corrected chi connectivity index (χ0v) is 58.2. The molecular weight excluding hydrogens is 1310 g/mol. The van der Waals surface area contributed by atoms with Crippen LogP contribution in [0.3, 0.4) is 0 Å². The van der Waals surface area contributed by atoms with E-state index in [0.29, 0.717) is 6.42 Å². The van der Waals surface area contributed by atoms with Crippen LogP contribution in [0.4, 0.5) is 5.69 Å². The van der Waals surface area contributed by atoms with Gasteiger partial charge >= 0.3 is 17.1 Å². The smallest absolute Gasteiger partial charge is 0.657 e. The molecule has 22 nitrogen and oxygen atoms in total. The van der Waals surface area contributed by atoms with Crippen LogP contribution in [0.2, 0.25) is 0 Å². The molecule has 8 bridgehead atoms. The molecule has 100 heavy (non-hydrogen) atoms. The first-order valence-electron chi connectivity index (χ1n) is 31.3. The van der Waals surface area contributed by atoms with Crippen LogP contribution in [0, 0.1) is 13.8 Å². The standard InChI is InChI=1S/C67H56N10O2.5C2H4O2.Mn/c1-41-51-40-77(38-30-49(51)42(2)67-62(41)50-39-48(79-6)14-15-52(50)73-67)31-8-7-9-61(78)68-47-12-10-43(11-13-47)63-53-16-18-55(69-53)64(44-24-32-74(3)33-25-44)57-20-22-59(71-57)66(46-28-36-76(5)37-29-46)60-23-21-58(72-60)65(56-19-17-54(63)70-56)45-26-34-75(4)35-27-45;5*1-2(3)4;/h10-30,32-40H,7-9,31H2,1-6H3;5*1H3,(H,3,4);/q;;;;;;+3/p-3. The number of hydrogen-bond donors (Lipinski definition) is 2. The van der Waals surface area contributed by atoms with Gasteiger partial charge in [-0.25, -0.2) is 28.2 Å². The summed E-state index contributed by atoms with van der Waals surface area (Å²) in [5.41, 5.74) is 19.3. The van der Waals surface area contributed by atoms with Crippen molar-refractivity contribution in [2.24, 2.45) is 21.1 Å². The van der Waals surface area contributed by atoms with Gasteiger partial charge in [0.2, 0.25) is 5.91 Å². The minimum absolute atomic E-state index is 0. The molecule has 0 fully saturated rings. The van der Waals surface area contributed by atoms with Gasteiger partial charge in [0.15, 0.2) is 49.6 Å². The Morgan fingerprint density at radius 2 is 0.860 bits per heavy atom. The van der Waals surface area contributed by atoms with Crippen molar-refractivity contribution in [3.8, 4) is 50.3 Å². The van der Waals surface area contributed by atoms with Crippen LogP contribution in [0.25, 0.3) is 123 Å². The first-order valence-corrected chi connectivity index (χ1v) is 31.3. The molecule has 11 aromatic rings. The second-order valence-corrected chi connectivity index (χ2v) is 23.2. The van der Waals surface area contributed by atoms with Gasteiger partial charge in [0, 0.05) is 113 Å². The van der Waals surface area contributed by atoms with E-state index in [0.717, 1.165) is 171 Å². The SMILES string of the molecule is CC(=O)[O-].CC(=O)[O-].CC(=O)[O-].CC(=O)[O-].CC(=O)[O-].COc1ccc2[nH]c3c(C)c4cc[n+](CCCCC(=O)Nc5ccc(-c6c7nc(c(-c8cc[n+](C)cc8)c8ccc([n-]8)c(-c8cc[n+](C)cc8)c8nc(c(-c9cc[n+](C)cc9)c9ccc6[n-]9)C=C8)C=C7)cc5)cc4c(C)c3c2c1.[Mn+3]. The molecule has 0 spiro atoms. The normalized spacial score (nSPS) is 10.8.